The Morgan fingerprint density at radius 1 is 1.34 bits per heavy atom. The Morgan fingerprint density at radius 3 is 2.97 bits per heavy atom. The Kier molecular flexibility index (Phi) is 5.80. The van der Waals surface area contributed by atoms with Gasteiger partial charge in [0.2, 0.25) is 11.9 Å². The molecule has 2 atom stereocenters. The van der Waals surface area contributed by atoms with Gasteiger partial charge in [0, 0.05) is 58.0 Å². The SMILES string of the molecule is CN(C)c1ncc2c(=O)[nH]c([C@H]3CCCN(C(=O)CC[C@@H]4CCCO4)C3)cc2n1. The lowest BCUT2D eigenvalue weighted by Gasteiger charge is -2.33. The van der Waals surface area contributed by atoms with Crippen molar-refractivity contribution in [2.45, 2.75) is 50.5 Å². The average molecular weight is 399 g/mol. The standard InChI is InChI=1S/C21H29N5O3/c1-25(2)21-22-12-16-18(24-21)11-17(23-20(16)28)14-5-3-9-26(13-14)19(27)8-7-15-6-4-10-29-15/h11-12,14-15H,3-10,13H2,1-2H3,(H,23,28)/t14-,15-/m0/s1. The van der Waals surface area contributed by atoms with E-state index in [4.69, 9.17) is 4.74 Å². The molecule has 2 aliphatic heterocycles. The Balaban J connectivity index is 1.49. The van der Waals surface area contributed by atoms with Crippen LogP contribution in [0.1, 0.15) is 50.1 Å². The molecular weight excluding hydrogens is 370 g/mol. The second-order valence-electron chi connectivity index (χ2n) is 8.27. The van der Waals surface area contributed by atoms with Crippen LogP contribution in [-0.4, -0.2) is 65.7 Å². The number of ether oxygens (including phenoxy) is 1. The average Bonchev–Trinajstić information content (AvgIpc) is 3.25. The normalized spacial score (nSPS) is 22.2. The Hall–Kier alpha value is -2.48. The van der Waals surface area contributed by atoms with Crippen molar-refractivity contribution in [1.82, 2.24) is 19.9 Å². The van der Waals surface area contributed by atoms with Crippen molar-refractivity contribution < 1.29 is 9.53 Å². The van der Waals surface area contributed by atoms with Gasteiger partial charge >= 0.3 is 0 Å². The molecule has 0 spiro atoms. The predicted octanol–water partition coefficient (Wildman–Crippen LogP) is 2.05. The molecule has 8 nitrogen and oxygen atoms in total. The summed E-state index contributed by atoms with van der Waals surface area (Å²) >= 11 is 0. The molecule has 0 aromatic carbocycles. The largest absolute Gasteiger partial charge is 0.378 e. The number of hydrogen-bond acceptors (Lipinski definition) is 6. The van der Waals surface area contributed by atoms with Crippen LogP contribution in [0, 0.1) is 0 Å². The molecule has 2 aliphatic rings. The minimum Gasteiger partial charge on any atom is -0.378 e. The molecule has 156 valence electrons. The lowest BCUT2D eigenvalue weighted by Crippen LogP contribution is -2.39. The van der Waals surface area contributed by atoms with E-state index < -0.39 is 0 Å². The van der Waals surface area contributed by atoms with Gasteiger partial charge in [-0.15, -0.1) is 0 Å². The Morgan fingerprint density at radius 2 is 2.21 bits per heavy atom. The summed E-state index contributed by atoms with van der Waals surface area (Å²) < 4.78 is 5.64. The van der Waals surface area contributed by atoms with E-state index in [9.17, 15) is 9.59 Å². The van der Waals surface area contributed by atoms with E-state index in [0.29, 0.717) is 29.8 Å². The molecule has 8 heteroatoms. The van der Waals surface area contributed by atoms with Crippen LogP contribution >= 0.6 is 0 Å². The number of pyridine rings is 1. The van der Waals surface area contributed by atoms with Crippen molar-refractivity contribution in [3.8, 4) is 0 Å². The van der Waals surface area contributed by atoms with Gasteiger partial charge in [-0.05, 0) is 38.2 Å². The van der Waals surface area contributed by atoms with E-state index >= 15 is 0 Å². The van der Waals surface area contributed by atoms with Gasteiger partial charge in [0.05, 0.1) is 17.0 Å². The quantitative estimate of drug-likeness (QED) is 0.827. The number of H-pyrrole nitrogens is 1. The summed E-state index contributed by atoms with van der Waals surface area (Å²) in [5.41, 5.74) is 1.32. The number of rotatable bonds is 5. The fourth-order valence-electron chi connectivity index (χ4n) is 4.26. The summed E-state index contributed by atoms with van der Waals surface area (Å²) in [7, 11) is 3.74. The van der Waals surface area contributed by atoms with Crippen molar-refractivity contribution >= 4 is 22.8 Å². The topological polar surface area (TPSA) is 91.4 Å². The molecule has 4 rings (SSSR count). The van der Waals surface area contributed by atoms with Crippen molar-refractivity contribution in [2.24, 2.45) is 0 Å². The lowest BCUT2D eigenvalue weighted by atomic mass is 9.93. The van der Waals surface area contributed by atoms with E-state index in [0.717, 1.165) is 50.9 Å². The van der Waals surface area contributed by atoms with Gasteiger partial charge in [-0.1, -0.05) is 0 Å². The molecule has 0 radical (unpaired) electrons. The van der Waals surface area contributed by atoms with Crippen LogP contribution in [0.5, 0.6) is 0 Å². The molecule has 0 aliphatic carbocycles. The molecule has 4 heterocycles. The van der Waals surface area contributed by atoms with Crippen LogP contribution in [0.3, 0.4) is 0 Å². The summed E-state index contributed by atoms with van der Waals surface area (Å²) in [5, 5.41) is 0.486. The molecule has 2 aromatic heterocycles. The lowest BCUT2D eigenvalue weighted by molar-refractivity contribution is -0.133. The highest BCUT2D eigenvalue weighted by molar-refractivity contribution is 5.78. The van der Waals surface area contributed by atoms with Gasteiger partial charge in [-0.3, -0.25) is 9.59 Å². The van der Waals surface area contributed by atoms with E-state index in [1.165, 1.54) is 0 Å². The molecular formula is C21H29N5O3. The zero-order chi connectivity index (χ0) is 20.4. The second-order valence-corrected chi connectivity index (χ2v) is 8.27. The summed E-state index contributed by atoms with van der Waals surface area (Å²) in [4.78, 5) is 40.8. The first-order chi connectivity index (χ1) is 14.0. The number of aromatic nitrogens is 3. The molecule has 1 N–H and O–H groups in total. The van der Waals surface area contributed by atoms with Crippen LogP contribution in [0.15, 0.2) is 17.1 Å². The van der Waals surface area contributed by atoms with E-state index in [1.807, 2.05) is 30.0 Å². The molecule has 2 fully saturated rings. The number of amides is 1. The van der Waals surface area contributed by atoms with Gasteiger partial charge in [0.15, 0.2) is 0 Å². The summed E-state index contributed by atoms with van der Waals surface area (Å²) in [6.45, 7) is 2.24. The number of carbonyl (C=O) groups is 1. The number of piperidine rings is 1. The Labute approximate surface area is 170 Å². The van der Waals surface area contributed by atoms with Crippen molar-refractivity contribution in [3.63, 3.8) is 0 Å². The van der Waals surface area contributed by atoms with Gasteiger partial charge in [-0.2, -0.15) is 0 Å². The van der Waals surface area contributed by atoms with Gasteiger partial charge in [-0.25, -0.2) is 9.97 Å². The number of nitrogens with zero attached hydrogens (tertiary/aromatic N) is 4. The van der Waals surface area contributed by atoms with Crippen LogP contribution in [0.25, 0.3) is 10.9 Å². The number of nitrogens with one attached hydrogen (secondary N) is 1. The van der Waals surface area contributed by atoms with Crippen molar-refractivity contribution in [3.05, 3.63) is 28.3 Å². The zero-order valence-corrected chi connectivity index (χ0v) is 17.2. The minimum absolute atomic E-state index is 0.116. The number of anilines is 1. The predicted molar refractivity (Wildman–Crippen MR) is 111 cm³/mol. The van der Waals surface area contributed by atoms with Crippen molar-refractivity contribution in [2.75, 3.05) is 38.7 Å². The molecule has 1 amide bonds. The molecule has 2 aromatic rings. The molecule has 29 heavy (non-hydrogen) atoms. The number of carbonyl (C=O) groups excluding carboxylic acids is 1. The third-order valence-corrected chi connectivity index (χ3v) is 5.92. The highest BCUT2D eigenvalue weighted by Gasteiger charge is 2.27. The number of aromatic amines is 1. The van der Waals surface area contributed by atoms with Crippen LogP contribution in [0.4, 0.5) is 5.95 Å². The summed E-state index contributed by atoms with van der Waals surface area (Å²) in [5.74, 6) is 0.875. The molecule has 0 unspecified atom stereocenters. The summed E-state index contributed by atoms with van der Waals surface area (Å²) in [6.07, 6.45) is 7.18. The maximum absolute atomic E-state index is 12.7. The maximum atomic E-state index is 12.7. The van der Waals surface area contributed by atoms with E-state index in [2.05, 4.69) is 15.0 Å². The first-order valence-corrected chi connectivity index (χ1v) is 10.5. The van der Waals surface area contributed by atoms with E-state index in [-0.39, 0.29) is 23.5 Å². The molecule has 0 saturated carbocycles. The maximum Gasteiger partial charge on any atom is 0.259 e. The number of fused-ring (bicyclic) bond motifs is 1. The third kappa shape index (κ3) is 4.42. The zero-order valence-electron chi connectivity index (χ0n) is 17.2. The number of likely N-dealkylation sites (tertiary alicyclic amines) is 1. The molecule has 2 saturated heterocycles. The van der Waals surface area contributed by atoms with Gasteiger partial charge in [0.25, 0.3) is 5.56 Å². The van der Waals surface area contributed by atoms with E-state index in [1.54, 1.807) is 6.20 Å². The fourth-order valence-corrected chi connectivity index (χ4v) is 4.26. The Bertz CT molecular complexity index is 936. The fraction of sp³-hybridized carbons (Fsp3) is 0.619. The van der Waals surface area contributed by atoms with Crippen LogP contribution < -0.4 is 10.5 Å². The third-order valence-electron chi connectivity index (χ3n) is 5.92. The number of hydrogen-bond donors (Lipinski definition) is 1. The van der Waals surface area contributed by atoms with Gasteiger partial charge in [0.1, 0.15) is 0 Å². The monoisotopic (exact) mass is 399 g/mol. The molecule has 0 bridgehead atoms. The second kappa shape index (κ2) is 8.49. The van der Waals surface area contributed by atoms with Gasteiger partial charge < -0.3 is 19.5 Å². The smallest absolute Gasteiger partial charge is 0.259 e. The first kappa shape index (κ1) is 19.8. The van der Waals surface area contributed by atoms with Crippen molar-refractivity contribution in [1.29, 1.82) is 0 Å². The summed E-state index contributed by atoms with van der Waals surface area (Å²) in [6, 6.07) is 1.94. The highest BCUT2D eigenvalue weighted by atomic mass is 16.5. The van der Waals surface area contributed by atoms with Crippen LogP contribution in [-0.2, 0) is 9.53 Å². The highest BCUT2D eigenvalue weighted by Crippen LogP contribution is 2.27. The minimum atomic E-state index is -0.176. The first-order valence-electron chi connectivity index (χ1n) is 10.5. The van der Waals surface area contributed by atoms with Crippen LogP contribution in [0.2, 0.25) is 0 Å².